The first-order valence-corrected chi connectivity index (χ1v) is 11.5. The molecule has 0 aromatic rings. The third kappa shape index (κ3) is 3.57. The summed E-state index contributed by atoms with van der Waals surface area (Å²) in [6.45, 7) is 11.2. The Morgan fingerprint density at radius 1 is 1.42 bits per heavy atom. The second-order valence-corrected chi connectivity index (χ2v) is 9.67. The minimum atomic E-state index is -0.152. The van der Waals surface area contributed by atoms with Crippen molar-refractivity contribution in [3.8, 4) is 0 Å². The van der Waals surface area contributed by atoms with E-state index in [0.29, 0.717) is 16.9 Å². The number of hydrogen-bond donors (Lipinski definition) is 0. The molecule has 1 aliphatic heterocycles. The van der Waals surface area contributed by atoms with Gasteiger partial charge in [-0.15, -0.1) is 0 Å². The smallest absolute Gasteiger partial charge is 0.334 e. The Morgan fingerprint density at radius 3 is 2.88 bits per heavy atom. The number of esters is 1. The minimum Gasteiger partial charge on any atom is -0.458 e. The molecule has 0 N–H and O–H groups in total. The molecule has 2 nitrogen and oxygen atoms in total. The van der Waals surface area contributed by atoms with Crippen LogP contribution in [0.15, 0.2) is 22.7 Å². The number of ether oxygens (including phenoxy) is 1. The third-order valence-electron chi connectivity index (χ3n) is 7.75. The lowest BCUT2D eigenvalue weighted by atomic mass is 9.61. The molecule has 3 fully saturated rings. The number of carbonyl (C=O) groups is 1. The second-order valence-electron chi connectivity index (χ2n) is 9.21. The predicted octanol–water partition coefficient (Wildman–Crippen LogP) is 6.80. The monoisotopic (exact) mass is 422 g/mol. The highest BCUT2D eigenvalue weighted by Gasteiger charge is 2.51. The Labute approximate surface area is 168 Å². The maximum atomic E-state index is 12.1. The van der Waals surface area contributed by atoms with Crippen LogP contribution < -0.4 is 0 Å². The van der Waals surface area contributed by atoms with Gasteiger partial charge in [0.1, 0.15) is 6.10 Å². The van der Waals surface area contributed by atoms with Crippen LogP contribution in [-0.4, -0.2) is 12.1 Å². The standard InChI is InChI=1S/C23H35BrO2/c1-5-6-9-18-16(3)22(25)26-21(18)13-15(2)19-10-11-20-17(14-24)8-7-12-23(19,20)4/h14-15,18-21H,3,5-13H2,1-2,4H3/t15-,18-,19-,20+,21-,23-/m1/s1. The quantitative estimate of drug-likeness (QED) is 0.347. The summed E-state index contributed by atoms with van der Waals surface area (Å²) >= 11 is 3.62. The Hall–Kier alpha value is -0.570. The van der Waals surface area contributed by atoms with Crippen LogP contribution in [0.5, 0.6) is 0 Å². The van der Waals surface area contributed by atoms with Gasteiger partial charge in [0.05, 0.1) is 0 Å². The van der Waals surface area contributed by atoms with E-state index in [9.17, 15) is 4.79 Å². The summed E-state index contributed by atoms with van der Waals surface area (Å²) in [6, 6.07) is 0. The predicted molar refractivity (Wildman–Crippen MR) is 111 cm³/mol. The van der Waals surface area contributed by atoms with Gasteiger partial charge in [-0.2, -0.15) is 0 Å². The molecule has 6 atom stereocenters. The van der Waals surface area contributed by atoms with E-state index in [-0.39, 0.29) is 18.0 Å². The van der Waals surface area contributed by atoms with Gasteiger partial charge in [0, 0.05) is 11.5 Å². The van der Waals surface area contributed by atoms with Crippen LogP contribution >= 0.6 is 15.9 Å². The molecule has 0 unspecified atom stereocenters. The van der Waals surface area contributed by atoms with Crippen molar-refractivity contribution in [3.05, 3.63) is 22.7 Å². The summed E-state index contributed by atoms with van der Waals surface area (Å²) in [5.74, 6) is 2.14. The summed E-state index contributed by atoms with van der Waals surface area (Å²) in [5.41, 5.74) is 2.75. The normalized spacial score (nSPS) is 39.9. The van der Waals surface area contributed by atoms with E-state index < -0.39 is 0 Å². The highest BCUT2D eigenvalue weighted by molar-refractivity contribution is 9.11. The van der Waals surface area contributed by atoms with Gasteiger partial charge in [-0.3, -0.25) is 0 Å². The number of cyclic esters (lactones) is 1. The van der Waals surface area contributed by atoms with Crippen molar-refractivity contribution in [2.45, 2.75) is 84.7 Å². The zero-order valence-corrected chi connectivity index (χ0v) is 18.3. The summed E-state index contributed by atoms with van der Waals surface area (Å²) in [5, 5.41) is 0. The molecule has 3 heteroatoms. The molecule has 3 rings (SSSR count). The number of hydrogen-bond acceptors (Lipinski definition) is 2. The molecule has 1 saturated heterocycles. The number of rotatable bonds is 6. The van der Waals surface area contributed by atoms with Crippen LogP contribution in [-0.2, 0) is 9.53 Å². The van der Waals surface area contributed by atoms with Crippen molar-refractivity contribution in [3.63, 3.8) is 0 Å². The second kappa shape index (κ2) is 8.20. The largest absolute Gasteiger partial charge is 0.458 e. The number of fused-ring (bicyclic) bond motifs is 1. The summed E-state index contributed by atoms with van der Waals surface area (Å²) in [7, 11) is 0. The third-order valence-corrected chi connectivity index (χ3v) is 8.34. The van der Waals surface area contributed by atoms with Crippen LogP contribution in [0, 0.1) is 29.1 Å². The SMILES string of the molecule is C=C1C(=O)O[C@H](C[C@@H](C)[C@H]2CC[C@H]3C(=CBr)CCC[C@]23C)[C@@H]1CCCC. The molecule has 1 heterocycles. The van der Waals surface area contributed by atoms with Gasteiger partial charge in [-0.25, -0.2) is 4.79 Å². The van der Waals surface area contributed by atoms with Gasteiger partial charge in [-0.1, -0.05) is 61.7 Å². The number of allylic oxidation sites excluding steroid dienone is 1. The van der Waals surface area contributed by atoms with E-state index in [1.807, 2.05) is 0 Å². The van der Waals surface area contributed by atoms with E-state index in [4.69, 9.17) is 4.74 Å². The van der Waals surface area contributed by atoms with Gasteiger partial charge in [0.25, 0.3) is 0 Å². The van der Waals surface area contributed by atoms with Gasteiger partial charge in [0.15, 0.2) is 0 Å². The molecule has 0 aromatic carbocycles. The topological polar surface area (TPSA) is 26.3 Å². The average molecular weight is 423 g/mol. The van der Waals surface area contributed by atoms with E-state index >= 15 is 0 Å². The van der Waals surface area contributed by atoms with Crippen LogP contribution in [0.3, 0.4) is 0 Å². The van der Waals surface area contributed by atoms with Crippen molar-refractivity contribution in [2.75, 3.05) is 0 Å². The molecule has 0 radical (unpaired) electrons. The van der Waals surface area contributed by atoms with Crippen molar-refractivity contribution in [1.82, 2.24) is 0 Å². The molecule has 146 valence electrons. The molecule has 26 heavy (non-hydrogen) atoms. The number of unbranched alkanes of at least 4 members (excludes halogenated alkanes) is 1. The van der Waals surface area contributed by atoms with Crippen LogP contribution in [0.25, 0.3) is 0 Å². The van der Waals surface area contributed by atoms with Gasteiger partial charge in [0.2, 0.25) is 0 Å². The zero-order valence-electron chi connectivity index (χ0n) is 16.7. The number of halogens is 1. The Bertz CT molecular complexity index is 581. The molecule has 0 bridgehead atoms. The van der Waals surface area contributed by atoms with Gasteiger partial charge < -0.3 is 4.74 Å². The summed E-state index contributed by atoms with van der Waals surface area (Å²) in [6.07, 6.45) is 10.9. The van der Waals surface area contributed by atoms with Gasteiger partial charge in [-0.05, 0) is 73.1 Å². The first-order valence-electron chi connectivity index (χ1n) is 10.6. The lowest BCUT2D eigenvalue weighted by Crippen LogP contribution is -2.37. The van der Waals surface area contributed by atoms with Crippen LogP contribution in [0.4, 0.5) is 0 Å². The van der Waals surface area contributed by atoms with Crippen molar-refractivity contribution in [2.24, 2.45) is 29.1 Å². The molecule has 2 aliphatic carbocycles. The van der Waals surface area contributed by atoms with E-state index in [1.165, 1.54) is 32.1 Å². The Kier molecular flexibility index (Phi) is 6.37. The molecule has 0 amide bonds. The lowest BCUT2D eigenvalue weighted by Gasteiger charge is -2.44. The molecule has 3 aliphatic rings. The maximum absolute atomic E-state index is 12.1. The van der Waals surface area contributed by atoms with Crippen LogP contribution in [0.1, 0.15) is 78.6 Å². The van der Waals surface area contributed by atoms with Crippen molar-refractivity contribution >= 4 is 21.9 Å². The molecule has 0 spiro atoms. The highest BCUT2D eigenvalue weighted by atomic mass is 79.9. The highest BCUT2D eigenvalue weighted by Crippen LogP contribution is 2.60. The fourth-order valence-electron chi connectivity index (χ4n) is 6.34. The Balaban J connectivity index is 1.70. The van der Waals surface area contributed by atoms with E-state index in [0.717, 1.165) is 37.5 Å². The fraction of sp³-hybridized carbons (Fsp3) is 0.783. The minimum absolute atomic E-state index is 0.0500. The summed E-state index contributed by atoms with van der Waals surface area (Å²) in [4.78, 5) is 14.3. The summed E-state index contributed by atoms with van der Waals surface area (Å²) < 4.78 is 5.77. The molecule has 0 aromatic heterocycles. The first-order chi connectivity index (χ1) is 12.4. The zero-order chi connectivity index (χ0) is 18.9. The average Bonchev–Trinajstić information content (AvgIpc) is 3.10. The molecular weight excluding hydrogens is 388 g/mol. The first kappa shape index (κ1) is 20.2. The van der Waals surface area contributed by atoms with Crippen LogP contribution in [0.2, 0.25) is 0 Å². The van der Waals surface area contributed by atoms with Crippen molar-refractivity contribution in [1.29, 1.82) is 0 Å². The molecular formula is C23H35BrO2. The fourth-order valence-corrected chi connectivity index (χ4v) is 6.89. The van der Waals surface area contributed by atoms with Gasteiger partial charge >= 0.3 is 5.97 Å². The maximum Gasteiger partial charge on any atom is 0.334 e. The lowest BCUT2D eigenvalue weighted by molar-refractivity contribution is -0.140. The number of carbonyl (C=O) groups excluding carboxylic acids is 1. The Morgan fingerprint density at radius 2 is 2.19 bits per heavy atom. The molecule has 2 saturated carbocycles. The van der Waals surface area contributed by atoms with E-state index in [2.05, 4.69) is 48.3 Å². The van der Waals surface area contributed by atoms with E-state index in [1.54, 1.807) is 5.57 Å². The van der Waals surface area contributed by atoms with Crippen molar-refractivity contribution < 1.29 is 9.53 Å².